The molecule has 1 aromatic rings. The molecular weight excluding hydrogens is 234 g/mol. The van der Waals surface area contributed by atoms with E-state index in [1.54, 1.807) is 0 Å². The Bertz CT molecular complexity index is 471. The van der Waals surface area contributed by atoms with E-state index in [1.165, 1.54) is 5.69 Å². The summed E-state index contributed by atoms with van der Waals surface area (Å²) in [5.74, 6) is 0.139. The van der Waals surface area contributed by atoms with Crippen molar-refractivity contribution in [1.29, 1.82) is 0 Å². The number of H-pyrrole nitrogens is 1. The summed E-state index contributed by atoms with van der Waals surface area (Å²) in [5, 5.41) is 2.91. The molecule has 17 heavy (non-hydrogen) atoms. The van der Waals surface area contributed by atoms with Crippen LogP contribution < -0.4 is 5.32 Å². The Labute approximate surface area is 106 Å². The van der Waals surface area contributed by atoms with Gasteiger partial charge in [0.25, 0.3) is 0 Å². The van der Waals surface area contributed by atoms with E-state index in [0.717, 1.165) is 11.2 Å². The number of nitrogens with zero attached hydrogens (tertiary/aromatic N) is 1. The number of carbonyl (C=O) groups excluding carboxylic acids is 1. The van der Waals surface area contributed by atoms with Crippen molar-refractivity contribution in [1.82, 2.24) is 14.9 Å². The predicted octanol–water partition coefficient (Wildman–Crippen LogP) is 2.29. The van der Waals surface area contributed by atoms with Crippen LogP contribution in [-0.4, -0.2) is 22.0 Å². The summed E-state index contributed by atoms with van der Waals surface area (Å²) in [6.07, 6.45) is 3.43. The summed E-state index contributed by atoms with van der Waals surface area (Å²) in [7, 11) is 0. The standard InChI is InChI=1S/C12H19N3OS/c1-12(2,3)9-7-14-11(17)15(9)8-4-5-10(16)13-6-8/h7-8H,4-6H2,1-3H3,(H,13,16)(H,14,17). The van der Waals surface area contributed by atoms with Gasteiger partial charge in [-0.1, -0.05) is 20.8 Å². The number of hydrogen-bond acceptors (Lipinski definition) is 2. The van der Waals surface area contributed by atoms with Crippen molar-refractivity contribution in [3.8, 4) is 0 Å². The molecule has 2 rings (SSSR count). The van der Waals surface area contributed by atoms with E-state index in [2.05, 4.69) is 35.6 Å². The summed E-state index contributed by atoms with van der Waals surface area (Å²) in [4.78, 5) is 14.3. The highest BCUT2D eigenvalue weighted by molar-refractivity contribution is 7.71. The lowest BCUT2D eigenvalue weighted by molar-refractivity contribution is -0.122. The van der Waals surface area contributed by atoms with Crippen molar-refractivity contribution in [3.63, 3.8) is 0 Å². The Morgan fingerprint density at radius 3 is 2.71 bits per heavy atom. The largest absolute Gasteiger partial charge is 0.354 e. The summed E-state index contributed by atoms with van der Waals surface area (Å²) in [5.41, 5.74) is 1.25. The molecule has 0 aromatic carbocycles. The van der Waals surface area contributed by atoms with E-state index in [9.17, 15) is 4.79 Å². The number of nitrogens with one attached hydrogen (secondary N) is 2. The first-order valence-electron chi connectivity index (χ1n) is 5.96. The summed E-state index contributed by atoms with van der Waals surface area (Å²) in [6, 6.07) is 0.278. The fourth-order valence-corrected chi connectivity index (χ4v) is 2.57. The van der Waals surface area contributed by atoms with Gasteiger partial charge in [-0.25, -0.2) is 0 Å². The minimum Gasteiger partial charge on any atom is -0.354 e. The van der Waals surface area contributed by atoms with Crippen LogP contribution in [0.25, 0.3) is 0 Å². The predicted molar refractivity (Wildman–Crippen MR) is 69.6 cm³/mol. The third kappa shape index (κ3) is 2.44. The van der Waals surface area contributed by atoms with Crippen LogP contribution >= 0.6 is 12.2 Å². The minimum absolute atomic E-state index is 0.0506. The zero-order chi connectivity index (χ0) is 12.6. The second kappa shape index (κ2) is 4.29. The molecule has 0 saturated carbocycles. The molecule has 2 heterocycles. The first-order chi connectivity index (χ1) is 7.89. The topological polar surface area (TPSA) is 49.8 Å². The number of aromatic amines is 1. The molecule has 5 heteroatoms. The van der Waals surface area contributed by atoms with Crippen molar-refractivity contribution in [3.05, 3.63) is 16.7 Å². The summed E-state index contributed by atoms with van der Waals surface area (Å²) in [6.45, 7) is 7.18. The zero-order valence-electron chi connectivity index (χ0n) is 10.5. The molecule has 1 saturated heterocycles. The number of piperidine rings is 1. The van der Waals surface area contributed by atoms with Crippen LogP contribution in [0, 0.1) is 4.77 Å². The lowest BCUT2D eigenvalue weighted by Crippen LogP contribution is -2.37. The monoisotopic (exact) mass is 253 g/mol. The average Bonchev–Trinajstić information content (AvgIpc) is 2.61. The molecule has 1 aromatic heterocycles. The summed E-state index contributed by atoms with van der Waals surface area (Å²) < 4.78 is 2.91. The van der Waals surface area contributed by atoms with Crippen molar-refractivity contribution in [2.75, 3.05) is 6.54 Å². The molecule has 1 aliphatic rings. The van der Waals surface area contributed by atoms with Crippen LogP contribution in [0.15, 0.2) is 6.20 Å². The van der Waals surface area contributed by atoms with Crippen LogP contribution in [0.5, 0.6) is 0 Å². The Morgan fingerprint density at radius 2 is 2.18 bits per heavy atom. The van der Waals surface area contributed by atoms with Gasteiger partial charge in [0.15, 0.2) is 4.77 Å². The molecule has 0 radical (unpaired) electrons. The fraction of sp³-hybridized carbons (Fsp3) is 0.667. The number of carbonyl (C=O) groups is 1. The number of imidazole rings is 1. The Hall–Kier alpha value is -1.10. The van der Waals surface area contributed by atoms with E-state index in [-0.39, 0.29) is 17.4 Å². The van der Waals surface area contributed by atoms with Gasteiger partial charge >= 0.3 is 0 Å². The Kier molecular flexibility index (Phi) is 3.12. The van der Waals surface area contributed by atoms with E-state index in [0.29, 0.717) is 13.0 Å². The van der Waals surface area contributed by atoms with Gasteiger partial charge in [-0.2, -0.15) is 0 Å². The van der Waals surface area contributed by atoms with Gasteiger partial charge in [0.05, 0.1) is 6.04 Å². The lowest BCUT2D eigenvalue weighted by atomic mass is 9.91. The minimum atomic E-state index is 0.0506. The van der Waals surface area contributed by atoms with Gasteiger partial charge in [-0.15, -0.1) is 0 Å². The van der Waals surface area contributed by atoms with Crippen LogP contribution in [0.2, 0.25) is 0 Å². The number of rotatable bonds is 1. The first-order valence-corrected chi connectivity index (χ1v) is 6.37. The average molecular weight is 253 g/mol. The molecule has 1 unspecified atom stereocenters. The van der Waals surface area contributed by atoms with Crippen LogP contribution in [0.3, 0.4) is 0 Å². The third-order valence-electron chi connectivity index (χ3n) is 3.18. The van der Waals surface area contributed by atoms with Gasteiger partial charge < -0.3 is 14.9 Å². The molecule has 1 atom stereocenters. The van der Waals surface area contributed by atoms with Crippen molar-refractivity contribution < 1.29 is 4.79 Å². The van der Waals surface area contributed by atoms with E-state index >= 15 is 0 Å². The zero-order valence-corrected chi connectivity index (χ0v) is 11.4. The molecule has 0 spiro atoms. The van der Waals surface area contributed by atoms with Crippen LogP contribution in [0.4, 0.5) is 0 Å². The molecule has 0 bridgehead atoms. The first kappa shape index (κ1) is 12.4. The van der Waals surface area contributed by atoms with Crippen molar-refractivity contribution in [2.24, 2.45) is 0 Å². The van der Waals surface area contributed by atoms with Crippen LogP contribution in [-0.2, 0) is 10.2 Å². The Balaban J connectivity index is 2.35. The summed E-state index contributed by atoms with van der Waals surface area (Å²) >= 11 is 5.35. The highest BCUT2D eigenvalue weighted by Crippen LogP contribution is 2.28. The quantitative estimate of drug-likeness (QED) is 0.754. The number of amides is 1. The van der Waals surface area contributed by atoms with Gasteiger partial charge in [-0.05, 0) is 18.6 Å². The van der Waals surface area contributed by atoms with E-state index < -0.39 is 0 Å². The highest BCUT2D eigenvalue weighted by atomic mass is 32.1. The van der Waals surface area contributed by atoms with Gasteiger partial charge in [0.1, 0.15) is 0 Å². The molecule has 1 aliphatic heterocycles. The maximum Gasteiger partial charge on any atom is 0.220 e. The SMILES string of the molecule is CC(C)(C)c1c[nH]c(=S)n1C1CCC(=O)NC1. The number of aromatic nitrogens is 2. The van der Waals surface area contributed by atoms with Crippen molar-refractivity contribution >= 4 is 18.1 Å². The second-order valence-corrected chi connectivity index (χ2v) is 5.98. The maximum absolute atomic E-state index is 11.2. The molecule has 0 aliphatic carbocycles. The highest BCUT2D eigenvalue weighted by Gasteiger charge is 2.26. The smallest absolute Gasteiger partial charge is 0.220 e. The number of hydrogen-bond donors (Lipinski definition) is 2. The molecule has 1 amide bonds. The molecule has 1 fully saturated rings. The molecular formula is C12H19N3OS. The molecule has 94 valence electrons. The Morgan fingerprint density at radius 1 is 1.47 bits per heavy atom. The van der Waals surface area contributed by atoms with E-state index in [4.69, 9.17) is 12.2 Å². The normalized spacial score (nSPS) is 21.4. The molecule has 2 N–H and O–H groups in total. The van der Waals surface area contributed by atoms with Gasteiger partial charge in [0, 0.05) is 30.3 Å². The van der Waals surface area contributed by atoms with Crippen LogP contribution in [0.1, 0.15) is 45.3 Å². The van der Waals surface area contributed by atoms with Gasteiger partial charge in [0.2, 0.25) is 5.91 Å². The third-order valence-corrected chi connectivity index (χ3v) is 3.50. The van der Waals surface area contributed by atoms with Crippen molar-refractivity contribution in [2.45, 2.75) is 45.1 Å². The second-order valence-electron chi connectivity index (χ2n) is 5.60. The fourth-order valence-electron chi connectivity index (χ4n) is 2.26. The maximum atomic E-state index is 11.2. The van der Waals surface area contributed by atoms with Gasteiger partial charge in [-0.3, -0.25) is 4.79 Å². The van der Waals surface area contributed by atoms with E-state index in [1.807, 2.05) is 6.20 Å². The molecule has 4 nitrogen and oxygen atoms in total. The lowest BCUT2D eigenvalue weighted by Gasteiger charge is -2.29.